The van der Waals surface area contributed by atoms with Crippen molar-refractivity contribution in [2.75, 3.05) is 0 Å². The predicted octanol–water partition coefficient (Wildman–Crippen LogP) is 3.67. The van der Waals surface area contributed by atoms with Gasteiger partial charge in [-0.1, -0.05) is 36.4 Å². The second-order valence-corrected chi connectivity index (χ2v) is 5.71. The fourth-order valence-corrected chi connectivity index (χ4v) is 3.45. The molecule has 0 nitrogen and oxygen atoms in total. The number of hydrogen-bond donors (Lipinski definition) is 0. The second kappa shape index (κ2) is 3.98. The first kappa shape index (κ1) is 10.4. The first-order chi connectivity index (χ1) is 8.88. The Morgan fingerprint density at radius 1 is 0.444 bits per heavy atom. The monoisotopic (exact) mass is 234 g/mol. The molecule has 5 aliphatic carbocycles. The smallest absolute Gasteiger partial charge is 0.0235 e. The lowest BCUT2D eigenvalue weighted by Crippen LogP contribution is -2.06. The lowest BCUT2D eigenvalue weighted by Gasteiger charge is -2.17. The topological polar surface area (TPSA) is 0 Å². The van der Waals surface area contributed by atoms with Gasteiger partial charge in [0.2, 0.25) is 0 Å². The van der Waals surface area contributed by atoms with E-state index < -0.39 is 0 Å². The van der Waals surface area contributed by atoms with Gasteiger partial charge in [-0.3, -0.25) is 0 Å². The summed E-state index contributed by atoms with van der Waals surface area (Å²) < 4.78 is 0. The fourth-order valence-electron chi connectivity index (χ4n) is 3.45. The highest BCUT2D eigenvalue weighted by Crippen LogP contribution is 2.26. The summed E-state index contributed by atoms with van der Waals surface area (Å²) in [5, 5.41) is 0. The van der Waals surface area contributed by atoms with Gasteiger partial charge in [0.05, 0.1) is 0 Å². The van der Waals surface area contributed by atoms with Crippen molar-refractivity contribution < 1.29 is 0 Å². The summed E-state index contributed by atoms with van der Waals surface area (Å²) in [4.78, 5) is 0. The Morgan fingerprint density at radius 2 is 0.889 bits per heavy atom. The summed E-state index contributed by atoms with van der Waals surface area (Å²) in [6.45, 7) is 0. The van der Waals surface area contributed by atoms with Gasteiger partial charge in [-0.15, -0.1) is 0 Å². The standard InChI is InChI=1S/C18H18/c1-2-14-4-6-16-7-9-17-11-13(1)3-5-15(17)8-10-18(16)12-14/h3-6,11-12H,1-2,7-10H2. The zero-order valence-corrected chi connectivity index (χ0v) is 10.7. The third-order valence-electron chi connectivity index (χ3n) is 4.57. The Bertz CT molecular complexity index is 552. The normalized spacial score (nSPS) is 16.7. The Hall–Kier alpha value is -1.56. The van der Waals surface area contributed by atoms with Crippen molar-refractivity contribution >= 4 is 0 Å². The number of benzene rings is 2. The van der Waals surface area contributed by atoms with Crippen molar-refractivity contribution in [3.63, 3.8) is 0 Å². The molecule has 0 unspecified atom stereocenters. The van der Waals surface area contributed by atoms with Crippen LogP contribution in [-0.4, -0.2) is 0 Å². The molecule has 90 valence electrons. The van der Waals surface area contributed by atoms with Crippen LogP contribution < -0.4 is 0 Å². The molecule has 0 spiro atoms. The Kier molecular flexibility index (Phi) is 2.29. The van der Waals surface area contributed by atoms with E-state index in [0.29, 0.717) is 0 Å². The molecule has 5 aliphatic rings. The molecule has 0 heterocycles. The number of hydrogen-bond acceptors (Lipinski definition) is 0. The molecule has 0 N–H and O–H groups in total. The van der Waals surface area contributed by atoms with Crippen LogP contribution in [0.25, 0.3) is 0 Å². The van der Waals surface area contributed by atoms with Gasteiger partial charge in [0.15, 0.2) is 0 Å². The number of rotatable bonds is 0. The number of aryl methyl sites for hydroxylation is 6. The first-order valence-corrected chi connectivity index (χ1v) is 7.10. The SMILES string of the molecule is c1cc2c3cc1CCc1ccc(c(c1)CC2)CC3. The highest BCUT2D eigenvalue weighted by atomic mass is 14.2. The summed E-state index contributed by atoms with van der Waals surface area (Å²) in [7, 11) is 0. The molecule has 6 bridgehead atoms. The van der Waals surface area contributed by atoms with Crippen molar-refractivity contribution in [1.82, 2.24) is 0 Å². The molecule has 0 aromatic heterocycles. The average Bonchev–Trinajstić information content (AvgIpc) is 2.46. The van der Waals surface area contributed by atoms with Crippen molar-refractivity contribution in [1.29, 1.82) is 0 Å². The van der Waals surface area contributed by atoms with Gasteiger partial charge in [0.25, 0.3) is 0 Å². The van der Waals surface area contributed by atoms with Gasteiger partial charge in [-0.25, -0.2) is 0 Å². The van der Waals surface area contributed by atoms with E-state index in [1.165, 1.54) is 49.7 Å². The van der Waals surface area contributed by atoms with Gasteiger partial charge in [-0.2, -0.15) is 0 Å². The molecule has 18 heavy (non-hydrogen) atoms. The molecular formula is C18H18. The molecule has 0 radical (unpaired) electrons. The summed E-state index contributed by atoms with van der Waals surface area (Å²) in [6, 6.07) is 14.4. The highest BCUT2D eigenvalue weighted by molar-refractivity contribution is 5.40. The van der Waals surface area contributed by atoms with Crippen molar-refractivity contribution in [2.24, 2.45) is 0 Å². The zero-order valence-electron chi connectivity index (χ0n) is 10.7. The molecular weight excluding hydrogens is 216 g/mol. The molecule has 7 rings (SSSR count). The van der Waals surface area contributed by atoms with Gasteiger partial charge in [0.1, 0.15) is 0 Å². The quantitative estimate of drug-likeness (QED) is 0.652. The van der Waals surface area contributed by atoms with E-state index >= 15 is 0 Å². The number of fused-ring (bicyclic) bond motifs is 2. The van der Waals surface area contributed by atoms with Crippen LogP contribution in [0.3, 0.4) is 0 Å². The molecule has 0 heteroatoms. The Morgan fingerprint density at radius 3 is 1.39 bits per heavy atom. The van der Waals surface area contributed by atoms with Crippen LogP contribution in [0, 0.1) is 0 Å². The van der Waals surface area contributed by atoms with Crippen LogP contribution >= 0.6 is 0 Å². The van der Waals surface area contributed by atoms with Crippen molar-refractivity contribution in [2.45, 2.75) is 38.5 Å². The third kappa shape index (κ3) is 1.68. The van der Waals surface area contributed by atoms with E-state index in [4.69, 9.17) is 0 Å². The van der Waals surface area contributed by atoms with Crippen LogP contribution in [0.5, 0.6) is 0 Å². The van der Waals surface area contributed by atoms with Gasteiger partial charge >= 0.3 is 0 Å². The van der Waals surface area contributed by atoms with Crippen LogP contribution in [0.2, 0.25) is 0 Å². The minimum Gasteiger partial charge on any atom is -0.0587 e. The van der Waals surface area contributed by atoms with Gasteiger partial charge < -0.3 is 0 Å². The maximum absolute atomic E-state index is 2.46. The van der Waals surface area contributed by atoms with E-state index in [1.54, 1.807) is 22.3 Å². The third-order valence-corrected chi connectivity index (χ3v) is 4.57. The lowest BCUT2D eigenvalue weighted by molar-refractivity contribution is 0.838. The molecule has 0 fully saturated rings. The van der Waals surface area contributed by atoms with E-state index in [-0.39, 0.29) is 0 Å². The average molecular weight is 234 g/mol. The summed E-state index contributed by atoms with van der Waals surface area (Å²) in [5.41, 5.74) is 9.39. The second-order valence-electron chi connectivity index (χ2n) is 5.71. The van der Waals surface area contributed by atoms with E-state index in [2.05, 4.69) is 36.4 Å². The molecule has 2 aromatic carbocycles. The minimum atomic E-state index is 1.19. The zero-order chi connectivity index (χ0) is 11.9. The minimum absolute atomic E-state index is 1.19. The summed E-state index contributed by atoms with van der Waals surface area (Å²) >= 11 is 0. The molecule has 0 saturated heterocycles. The molecule has 0 amide bonds. The van der Waals surface area contributed by atoms with Crippen LogP contribution in [0.4, 0.5) is 0 Å². The molecule has 0 atom stereocenters. The van der Waals surface area contributed by atoms with Gasteiger partial charge in [0, 0.05) is 0 Å². The molecule has 2 aromatic rings. The Labute approximate surface area is 109 Å². The van der Waals surface area contributed by atoms with E-state index in [0.717, 1.165) is 0 Å². The molecule has 0 aliphatic heterocycles. The fraction of sp³-hybridized carbons (Fsp3) is 0.333. The van der Waals surface area contributed by atoms with Gasteiger partial charge in [-0.05, 0) is 71.9 Å². The maximum Gasteiger partial charge on any atom is -0.0235 e. The van der Waals surface area contributed by atoms with Crippen LogP contribution in [0.15, 0.2) is 36.4 Å². The van der Waals surface area contributed by atoms with E-state index in [9.17, 15) is 0 Å². The predicted molar refractivity (Wildman–Crippen MR) is 75.1 cm³/mol. The molecule has 0 saturated carbocycles. The van der Waals surface area contributed by atoms with Crippen LogP contribution in [-0.2, 0) is 38.5 Å². The largest absolute Gasteiger partial charge is 0.0587 e. The highest BCUT2D eigenvalue weighted by Gasteiger charge is 2.14. The first-order valence-electron chi connectivity index (χ1n) is 7.10. The van der Waals surface area contributed by atoms with Crippen LogP contribution in [0.1, 0.15) is 33.4 Å². The Balaban J connectivity index is 1.94. The maximum atomic E-state index is 2.46. The lowest BCUT2D eigenvalue weighted by atomic mass is 9.88. The van der Waals surface area contributed by atoms with Crippen molar-refractivity contribution in [3.05, 3.63) is 69.8 Å². The van der Waals surface area contributed by atoms with Crippen molar-refractivity contribution in [3.8, 4) is 0 Å². The van der Waals surface area contributed by atoms with E-state index in [1.807, 2.05) is 0 Å². The summed E-state index contributed by atoms with van der Waals surface area (Å²) in [6.07, 6.45) is 7.24. The summed E-state index contributed by atoms with van der Waals surface area (Å²) in [5.74, 6) is 0.